The second kappa shape index (κ2) is 8.22. The summed E-state index contributed by atoms with van der Waals surface area (Å²) in [6.07, 6.45) is 7.69. The van der Waals surface area contributed by atoms with Crippen LogP contribution in [0.1, 0.15) is 30.9 Å². The van der Waals surface area contributed by atoms with E-state index in [1.165, 1.54) is 19.3 Å². The van der Waals surface area contributed by atoms with Gasteiger partial charge in [-0.2, -0.15) is 11.8 Å². The molecule has 1 heterocycles. The molecule has 0 amide bonds. The lowest BCUT2D eigenvalue weighted by Crippen LogP contribution is -2.42. The number of thioether (sulfide) groups is 1. The van der Waals surface area contributed by atoms with Gasteiger partial charge < -0.3 is 15.2 Å². The molecule has 0 aliphatic heterocycles. The fourth-order valence-corrected chi connectivity index (χ4v) is 3.34. The summed E-state index contributed by atoms with van der Waals surface area (Å²) in [5.74, 6) is 2.59. The maximum absolute atomic E-state index is 4.64. The fourth-order valence-electron chi connectivity index (χ4n) is 2.54. The van der Waals surface area contributed by atoms with Gasteiger partial charge in [0, 0.05) is 24.9 Å². The van der Waals surface area contributed by atoms with Gasteiger partial charge in [0.25, 0.3) is 0 Å². The van der Waals surface area contributed by atoms with Crippen LogP contribution in [-0.2, 0) is 13.6 Å². The fraction of sp³-hybridized carbons (Fsp3) is 0.667. The van der Waals surface area contributed by atoms with E-state index in [-0.39, 0.29) is 0 Å². The number of guanidine groups is 1. The zero-order valence-electron chi connectivity index (χ0n) is 13.7. The molecule has 122 valence electrons. The standard InChI is InChI=1S/C15H26N6S/c1-5-8-16-15(18-12-6-7-13(9-12)22-4)17-10-14-20-19-11(2)21(14)3/h5,12-13H,1,6-10H2,2-4H3,(H2,16,17,18). The highest BCUT2D eigenvalue weighted by molar-refractivity contribution is 7.99. The zero-order chi connectivity index (χ0) is 15.9. The molecule has 0 aromatic carbocycles. The van der Waals surface area contributed by atoms with Crippen molar-refractivity contribution in [2.75, 3.05) is 12.8 Å². The molecule has 2 unspecified atom stereocenters. The highest BCUT2D eigenvalue weighted by atomic mass is 32.2. The Balaban J connectivity index is 1.97. The third-order valence-corrected chi connectivity index (χ3v) is 5.13. The maximum Gasteiger partial charge on any atom is 0.192 e. The largest absolute Gasteiger partial charge is 0.354 e. The minimum Gasteiger partial charge on any atom is -0.354 e. The lowest BCUT2D eigenvalue weighted by atomic mass is 10.2. The molecule has 6 nitrogen and oxygen atoms in total. The van der Waals surface area contributed by atoms with Gasteiger partial charge in [0.05, 0.1) is 0 Å². The average molecular weight is 322 g/mol. The first-order chi connectivity index (χ1) is 10.6. The average Bonchev–Trinajstić information content (AvgIpc) is 3.10. The number of aliphatic imine (C=N–C) groups is 1. The summed E-state index contributed by atoms with van der Waals surface area (Å²) in [4.78, 5) is 4.64. The van der Waals surface area contributed by atoms with Crippen LogP contribution < -0.4 is 10.6 Å². The molecule has 1 aliphatic carbocycles. The number of nitrogens with zero attached hydrogens (tertiary/aromatic N) is 4. The van der Waals surface area contributed by atoms with Crippen LogP contribution in [0.2, 0.25) is 0 Å². The Morgan fingerprint density at radius 3 is 2.91 bits per heavy atom. The van der Waals surface area contributed by atoms with Crippen molar-refractivity contribution in [3.8, 4) is 0 Å². The van der Waals surface area contributed by atoms with E-state index in [1.807, 2.05) is 36.4 Å². The van der Waals surface area contributed by atoms with Gasteiger partial charge in [0.15, 0.2) is 11.8 Å². The minimum atomic E-state index is 0.495. The van der Waals surface area contributed by atoms with Gasteiger partial charge >= 0.3 is 0 Å². The van der Waals surface area contributed by atoms with E-state index in [1.54, 1.807) is 0 Å². The maximum atomic E-state index is 4.64. The van der Waals surface area contributed by atoms with Gasteiger partial charge in [-0.15, -0.1) is 16.8 Å². The third-order valence-electron chi connectivity index (χ3n) is 4.03. The summed E-state index contributed by atoms with van der Waals surface area (Å²) >= 11 is 1.96. The SMILES string of the molecule is C=CCNC(=NCc1nnc(C)n1C)NC1CCC(SC)C1. The lowest BCUT2D eigenvalue weighted by Gasteiger charge is -2.17. The van der Waals surface area contributed by atoms with Crippen molar-refractivity contribution in [3.05, 3.63) is 24.3 Å². The van der Waals surface area contributed by atoms with Crippen molar-refractivity contribution in [2.24, 2.45) is 12.0 Å². The number of rotatable bonds is 6. The van der Waals surface area contributed by atoms with Crippen molar-refractivity contribution in [1.82, 2.24) is 25.4 Å². The molecule has 0 radical (unpaired) electrons. The summed E-state index contributed by atoms with van der Waals surface area (Å²) in [5, 5.41) is 15.8. The summed E-state index contributed by atoms with van der Waals surface area (Å²) in [6, 6.07) is 0.495. The molecule has 1 aliphatic rings. The highest BCUT2D eigenvalue weighted by Gasteiger charge is 2.24. The van der Waals surface area contributed by atoms with E-state index in [0.29, 0.717) is 19.1 Å². The Hall–Kier alpha value is -1.50. The Morgan fingerprint density at radius 1 is 1.50 bits per heavy atom. The first kappa shape index (κ1) is 16.9. The Labute approximate surface area is 136 Å². The third kappa shape index (κ3) is 4.50. The van der Waals surface area contributed by atoms with Crippen molar-refractivity contribution < 1.29 is 0 Å². The summed E-state index contributed by atoms with van der Waals surface area (Å²) in [7, 11) is 1.96. The van der Waals surface area contributed by atoms with Crippen molar-refractivity contribution in [1.29, 1.82) is 0 Å². The first-order valence-electron chi connectivity index (χ1n) is 7.67. The molecule has 0 bridgehead atoms. The van der Waals surface area contributed by atoms with Crippen LogP contribution in [-0.4, -0.2) is 44.8 Å². The number of aromatic nitrogens is 3. The Kier molecular flexibility index (Phi) is 6.30. The van der Waals surface area contributed by atoms with Crippen LogP contribution in [0, 0.1) is 6.92 Å². The first-order valence-corrected chi connectivity index (χ1v) is 8.96. The van der Waals surface area contributed by atoms with Crippen LogP contribution in [0.5, 0.6) is 0 Å². The van der Waals surface area contributed by atoms with Crippen molar-refractivity contribution in [2.45, 2.75) is 44.0 Å². The van der Waals surface area contributed by atoms with E-state index < -0.39 is 0 Å². The summed E-state index contributed by atoms with van der Waals surface area (Å²) < 4.78 is 1.97. The molecule has 1 fully saturated rings. The van der Waals surface area contributed by atoms with E-state index in [4.69, 9.17) is 0 Å². The normalized spacial score (nSPS) is 21.9. The molecule has 2 N–H and O–H groups in total. The number of hydrogen-bond acceptors (Lipinski definition) is 4. The lowest BCUT2D eigenvalue weighted by molar-refractivity contribution is 0.615. The van der Waals surface area contributed by atoms with Gasteiger partial charge in [0.2, 0.25) is 0 Å². The van der Waals surface area contributed by atoms with Crippen molar-refractivity contribution in [3.63, 3.8) is 0 Å². The topological polar surface area (TPSA) is 67.1 Å². The van der Waals surface area contributed by atoms with Gasteiger partial charge in [-0.3, -0.25) is 0 Å². The van der Waals surface area contributed by atoms with E-state index in [9.17, 15) is 0 Å². The second-order valence-corrected chi connectivity index (χ2v) is 6.71. The molecular weight excluding hydrogens is 296 g/mol. The zero-order valence-corrected chi connectivity index (χ0v) is 14.5. The Morgan fingerprint density at radius 2 is 2.32 bits per heavy atom. The highest BCUT2D eigenvalue weighted by Crippen LogP contribution is 2.27. The smallest absolute Gasteiger partial charge is 0.192 e. The molecule has 0 saturated heterocycles. The quantitative estimate of drug-likeness (QED) is 0.473. The number of nitrogens with one attached hydrogen (secondary N) is 2. The molecule has 22 heavy (non-hydrogen) atoms. The van der Waals surface area contributed by atoms with Crippen molar-refractivity contribution >= 4 is 17.7 Å². The summed E-state index contributed by atoms with van der Waals surface area (Å²) in [5.41, 5.74) is 0. The van der Waals surface area contributed by atoms with Crippen LogP contribution in [0.4, 0.5) is 0 Å². The molecule has 0 spiro atoms. The van der Waals surface area contributed by atoms with Gasteiger partial charge in [-0.1, -0.05) is 6.08 Å². The second-order valence-electron chi connectivity index (χ2n) is 5.57. The molecule has 1 aromatic heterocycles. The van der Waals surface area contributed by atoms with E-state index >= 15 is 0 Å². The molecule has 7 heteroatoms. The monoisotopic (exact) mass is 322 g/mol. The molecule has 2 atom stereocenters. The predicted molar refractivity (Wildman–Crippen MR) is 93.2 cm³/mol. The molecular formula is C15H26N6S. The molecule has 1 aromatic rings. The van der Waals surface area contributed by atoms with Crippen LogP contribution >= 0.6 is 11.8 Å². The van der Waals surface area contributed by atoms with E-state index in [2.05, 4.69) is 38.7 Å². The van der Waals surface area contributed by atoms with Crippen LogP contribution in [0.15, 0.2) is 17.6 Å². The summed E-state index contributed by atoms with van der Waals surface area (Å²) in [6.45, 7) is 6.90. The molecule has 2 rings (SSSR count). The number of aryl methyl sites for hydroxylation is 1. The van der Waals surface area contributed by atoms with Crippen LogP contribution in [0.3, 0.4) is 0 Å². The van der Waals surface area contributed by atoms with Crippen LogP contribution in [0.25, 0.3) is 0 Å². The van der Waals surface area contributed by atoms with Gasteiger partial charge in [-0.05, 0) is 32.4 Å². The van der Waals surface area contributed by atoms with Gasteiger partial charge in [-0.25, -0.2) is 4.99 Å². The predicted octanol–water partition coefficient (Wildman–Crippen LogP) is 1.63. The Bertz CT molecular complexity index is 524. The minimum absolute atomic E-state index is 0.495. The molecule has 1 saturated carbocycles. The van der Waals surface area contributed by atoms with E-state index in [0.717, 1.165) is 22.9 Å². The van der Waals surface area contributed by atoms with Gasteiger partial charge in [0.1, 0.15) is 12.4 Å². The number of hydrogen-bond donors (Lipinski definition) is 2.